The van der Waals surface area contributed by atoms with E-state index < -0.39 is 231 Å². The van der Waals surface area contributed by atoms with Gasteiger partial charge in [0, 0.05) is 46.4 Å². The topological polar surface area (TPSA) is 547 Å². The van der Waals surface area contributed by atoms with E-state index >= 15 is 28.8 Å². The Hall–Kier alpha value is -11.0. The molecule has 4 aliphatic carbocycles. The zero-order valence-corrected chi connectivity index (χ0v) is 69.2. The molecule has 0 aromatic heterocycles. The third-order valence-electron chi connectivity index (χ3n) is 24.9. The van der Waals surface area contributed by atoms with Gasteiger partial charge in [-0.3, -0.25) is 43.7 Å². The number of anilines is 1. The highest BCUT2D eigenvalue weighted by Gasteiger charge is 2.55. The number of urea groups is 1. The molecule has 36 nitrogen and oxygen atoms in total. The minimum Gasteiger partial charge on any atom is -0.508 e. The maximum absolute atomic E-state index is 16.6. The van der Waals surface area contributed by atoms with Crippen LogP contribution in [-0.2, 0) is 52.6 Å². The molecule has 18 bridgehead atoms. The van der Waals surface area contributed by atoms with Crippen molar-refractivity contribution in [1.29, 1.82) is 0 Å². The molecule has 12 aliphatic rings. The molecule has 8 heterocycles. The molecule has 10 amide bonds. The molecule has 6 aromatic carbocycles. The van der Waals surface area contributed by atoms with Crippen molar-refractivity contribution in [1.82, 2.24) is 47.9 Å². The van der Waals surface area contributed by atoms with Gasteiger partial charge in [-0.15, -0.1) is 0 Å². The van der Waals surface area contributed by atoms with Crippen molar-refractivity contribution in [3.05, 3.63) is 142 Å². The van der Waals surface area contributed by atoms with Crippen molar-refractivity contribution in [3.63, 3.8) is 0 Å². The minimum atomic E-state index is -2.40. The van der Waals surface area contributed by atoms with Gasteiger partial charge in [0.25, 0.3) is 0 Å². The summed E-state index contributed by atoms with van der Waals surface area (Å²) in [4.78, 5) is 139. The van der Waals surface area contributed by atoms with E-state index in [0.29, 0.717) is 24.2 Å². The van der Waals surface area contributed by atoms with Crippen molar-refractivity contribution in [2.45, 2.75) is 220 Å². The number of carbonyl (C=O) groups excluding carboxylic acids is 9. The molecule has 124 heavy (non-hydrogen) atoms. The van der Waals surface area contributed by atoms with Gasteiger partial charge in [0.15, 0.2) is 23.9 Å². The van der Waals surface area contributed by atoms with E-state index in [0.717, 1.165) is 99.5 Å². The molecule has 6 fully saturated rings. The average molecular weight is 1740 g/mol. The number of benzene rings is 6. The SMILES string of the molecule is CCCCOc1ccc(NC(=O)NC(=O)C[C@@H]2NC(=O)[C@H](NC(=O)[C@@H](CC(C)C)NC)[C@H](O)c3ccc4c(c3)C(O)[C@H]3O[C@@H](Oc5c6cc(cc5O4)[C@@H](NC2=O)C(=O)N[C@H]2C(=O)N[C@H](C(=O)N[C@H](C(=O)NC4C5CC7CC(C5)CC4C7)c4cc(O)cc(O)c4-c4cc2ccc4O)[C@H](O)c2ccc(c(Cl)c2)O6)[C@H](O[C@H]2C[C@](C)(N)[C@H](O)[C@H](C)O2)[C@@H](O)[C@@H]3O)cc1. The number of carbonyl (C=O) groups is 9. The standard InChI is InChI=1S/C87H102ClN11O25/c1-7-8-19-118-47-14-12-45(13-15-47)91-86(117)93-60(103)33-53-79(111)95-65-44-29-58-74(123-85-76(122-61-34-87(5,89)77(109)36(4)119-61)73(108)72(107)75(124-85)71(106)49-27-40(10-17-56(49)120-58)69(104)67(83(115)92-53)98-78(110)52(90-6)20-35(2)3)59(30-44)121-57-18-11-41(28-51(57)88)70(105)68-84(116)97-66(82(114)94-63-42-22-37-21-38(24-42)25-43(63)23-37)50-31-46(100)32-55(102)62(50)48-26-39(9-16-54(48)101)64(80(112)99-68)96-81(65)113/h9-18,26-32,35-38,42-43,52-53,61,63-73,75-77,85,90,100-102,104-109H,7-8,19-25,33-34,89H2,1-6H3,(H,92,115)(H,94,114)(H,95,111)(H,96,113)(H,97,116)(H,98,110)(H,99,112)(H2,91,93,103,117)/t36-,37?,38?,42?,43?,52+,53-,61-,63?,64+,65+,66-,67+,68-,69+,70+,71?,72-,73-,75+,76+,77+,85+,87-/m0/s1. The first-order valence-corrected chi connectivity index (χ1v) is 42.0. The largest absolute Gasteiger partial charge is 0.508 e. The number of rotatable bonds is 16. The number of hydrogen-bond acceptors (Lipinski definition) is 27. The molecule has 8 aliphatic heterocycles. The molecule has 0 radical (unpaired) electrons. The smallest absolute Gasteiger partial charge is 0.325 e. The summed E-state index contributed by atoms with van der Waals surface area (Å²) in [6, 6.07) is 4.79. The van der Waals surface area contributed by atoms with Crippen molar-refractivity contribution in [3.8, 4) is 62.9 Å². The zero-order chi connectivity index (χ0) is 88.3. The number of aromatic hydroxyl groups is 3. The third kappa shape index (κ3) is 18.2. The predicted octanol–water partition coefficient (Wildman–Crippen LogP) is 4.41. The number of imide groups is 1. The van der Waals surface area contributed by atoms with Crippen molar-refractivity contribution in [2.24, 2.45) is 35.3 Å². The fraction of sp³-hybridized carbons (Fsp3) is 0.483. The number of aliphatic hydroxyl groups is 6. The van der Waals surface area contributed by atoms with Crippen LogP contribution in [0.15, 0.2) is 103 Å². The van der Waals surface area contributed by atoms with Crippen LogP contribution < -0.4 is 77.8 Å². The van der Waals surface area contributed by atoms with Gasteiger partial charge in [0.2, 0.25) is 59.3 Å². The maximum atomic E-state index is 16.6. The van der Waals surface area contributed by atoms with E-state index in [1.165, 1.54) is 57.3 Å². The minimum absolute atomic E-state index is 0.0603. The van der Waals surface area contributed by atoms with E-state index in [1.54, 1.807) is 12.1 Å². The quantitative estimate of drug-likeness (QED) is 0.0597. The number of aliphatic hydroxyl groups excluding tert-OH is 6. The second kappa shape index (κ2) is 35.9. The normalized spacial score (nSPS) is 31.4. The summed E-state index contributed by atoms with van der Waals surface area (Å²) in [6.45, 7) is 9.04. The molecular formula is C87H102ClN11O25. The van der Waals surface area contributed by atoms with Gasteiger partial charge in [-0.25, -0.2) is 4.79 Å². The van der Waals surface area contributed by atoms with Crippen LogP contribution >= 0.6 is 11.6 Å². The zero-order valence-electron chi connectivity index (χ0n) is 68.5. The molecule has 18 rings (SSSR count). The number of phenolic OH excluding ortho intramolecular Hbond substituents is 3. The van der Waals surface area contributed by atoms with Crippen LogP contribution in [-0.4, -0.2) is 198 Å². The van der Waals surface area contributed by atoms with Crippen LogP contribution in [0, 0.1) is 29.6 Å². The van der Waals surface area contributed by atoms with Gasteiger partial charge in [-0.1, -0.05) is 57.0 Å². The molecule has 662 valence electrons. The summed E-state index contributed by atoms with van der Waals surface area (Å²) in [6.07, 6.45) is -15.9. The first-order valence-electron chi connectivity index (χ1n) is 41.6. The average Bonchev–Trinajstić information content (AvgIpc) is 0.755. The fourth-order valence-corrected chi connectivity index (χ4v) is 19.0. The summed E-state index contributed by atoms with van der Waals surface area (Å²) in [5.74, 6) is -13.1. The molecule has 21 N–H and O–H groups in total. The van der Waals surface area contributed by atoms with Crippen molar-refractivity contribution in [2.75, 3.05) is 19.0 Å². The van der Waals surface area contributed by atoms with Crippen LogP contribution in [0.4, 0.5) is 10.5 Å². The highest BCUT2D eigenvalue weighted by atomic mass is 35.5. The lowest BCUT2D eigenvalue weighted by Gasteiger charge is -2.54. The number of amides is 10. The maximum Gasteiger partial charge on any atom is 0.325 e. The molecular weight excluding hydrogens is 1630 g/mol. The van der Waals surface area contributed by atoms with Crippen LogP contribution in [0.5, 0.6) is 51.7 Å². The molecule has 2 saturated heterocycles. The van der Waals surface area contributed by atoms with Crippen molar-refractivity contribution < 1.29 is 122 Å². The van der Waals surface area contributed by atoms with E-state index in [1.807, 2.05) is 20.8 Å². The first-order chi connectivity index (χ1) is 59.1. The Morgan fingerprint density at radius 3 is 1.98 bits per heavy atom. The molecule has 19 atom stereocenters. The Morgan fingerprint density at radius 1 is 0.661 bits per heavy atom. The van der Waals surface area contributed by atoms with Gasteiger partial charge in [-0.05, 0) is 202 Å². The third-order valence-corrected chi connectivity index (χ3v) is 25.2. The number of nitrogens with one attached hydrogen (secondary N) is 10. The van der Waals surface area contributed by atoms with Gasteiger partial charge in [0.1, 0.15) is 107 Å². The lowest BCUT2D eigenvalue weighted by molar-refractivity contribution is -0.339. The number of halogens is 1. The van der Waals surface area contributed by atoms with Crippen LogP contribution in [0.2, 0.25) is 5.02 Å². The number of likely N-dealkylation sites (N-methyl/N-ethyl adjacent to an activating group) is 1. The lowest BCUT2D eigenvalue weighted by atomic mass is 9.54. The van der Waals surface area contributed by atoms with Gasteiger partial charge in [-0.2, -0.15) is 0 Å². The molecule has 4 saturated carbocycles. The van der Waals surface area contributed by atoms with Crippen LogP contribution in [0.1, 0.15) is 169 Å². The molecule has 6 aromatic rings. The number of hydrogen-bond donors (Lipinski definition) is 20. The van der Waals surface area contributed by atoms with E-state index in [-0.39, 0.29) is 81.5 Å². The van der Waals surface area contributed by atoms with Gasteiger partial charge >= 0.3 is 6.03 Å². The van der Waals surface area contributed by atoms with Crippen LogP contribution in [0.25, 0.3) is 11.1 Å². The van der Waals surface area contributed by atoms with Gasteiger partial charge < -0.3 is 133 Å². The summed E-state index contributed by atoms with van der Waals surface area (Å²) in [5, 5.41) is 136. The number of fused-ring (bicyclic) bond motifs is 16. The Bertz CT molecular complexity index is 5110. The van der Waals surface area contributed by atoms with Gasteiger partial charge in [0.05, 0.1) is 36.3 Å². The fourth-order valence-electron chi connectivity index (χ4n) is 18.7. The van der Waals surface area contributed by atoms with E-state index in [2.05, 4.69) is 53.2 Å². The Labute approximate surface area is 716 Å². The molecule has 1 unspecified atom stereocenters. The monoisotopic (exact) mass is 1740 g/mol. The highest BCUT2D eigenvalue weighted by Crippen LogP contribution is 2.55. The predicted molar refractivity (Wildman–Crippen MR) is 438 cm³/mol. The summed E-state index contributed by atoms with van der Waals surface area (Å²) in [5.41, 5.74) is 2.67. The summed E-state index contributed by atoms with van der Waals surface area (Å²) < 4.78 is 45.4. The summed E-state index contributed by atoms with van der Waals surface area (Å²) in [7, 11) is 1.46. The number of ether oxygens (including phenoxy) is 7. The molecule has 0 spiro atoms. The second-order valence-corrected chi connectivity index (χ2v) is 34.8. The Kier molecular flexibility index (Phi) is 25.5. The molecule has 37 heteroatoms. The van der Waals surface area contributed by atoms with Crippen molar-refractivity contribution >= 4 is 70.6 Å². The number of nitrogens with two attached hydrogens (primary N) is 1. The first kappa shape index (κ1) is 87.9. The van der Waals surface area contributed by atoms with Crippen LogP contribution in [0.3, 0.4) is 0 Å². The number of unbranched alkanes of at least 4 members (excludes halogenated alkanes) is 1. The lowest BCUT2D eigenvalue weighted by Crippen LogP contribution is -2.64. The number of phenols is 3. The van der Waals surface area contributed by atoms with E-state index in [9.17, 15) is 60.3 Å². The highest BCUT2D eigenvalue weighted by molar-refractivity contribution is 6.32. The summed E-state index contributed by atoms with van der Waals surface area (Å²) >= 11 is 7.29. The second-order valence-electron chi connectivity index (χ2n) is 34.4. The Morgan fingerprint density at radius 2 is 1.31 bits per heavy atom. The van der Waals surface area contributed by atoms with E-state index in [4.69, 9.17) is 50.5 Å². The Balaban J connectivity index is 0.918.